The topological polar surface area (TPSA) is 84.9 Å². The van der Waals surface area contributed by atoms with Gasteiger partial charge in [-0.1, -0.05) is 88.4 Å². The second kappa shape index (κ2) is 11.5. The van der Waals surface area contributed by atoms with E-state index in [9.17, 15) is 14.7 Å². The summed E-state index contributed by atoms with van der Waals surface area (Å²) in [4.78, 5) is 24.7. The van der Waals surface area contributed by atoms with Crippen molar-refractivity contribution in [3.05, 3.63) is 60.7 Å². The molecule has 0 saturated carbocycles. The fraction of sp³-hybridized carbons (Fsp3) is 0.500. The van der Waals surface area contributed by atoms with Crippen LogP contribution in [-0.4, -0.2) is 49.7 Å². The van der Waals surface area contributed by atoms with Crippen LogP contribution in [0.1, 0.15) is 55.4 Å². The van der Waals surface area contributed by atoms with Crippen LogP contribution >= 0.6 is 0 Å². The first-order chi connectivity index (χ1) is 16.2. The molecule has 2 aromatic rings. The summed E-state index contributed by atoms with van der Waals surface area (Å²) in [7, 11) is -2.91. The minimum absolute atomic E-state index is 0.0192. The van der Waals surface area contributed by atoms with E-state index in [0.29, 0.717) is 0 Å². The first kappa shape index (κ1) is 28.8. The molecular formula is C28H41NO5Si. The van der Waals surface area contributed by atoms with E-state index in [2.05, 4.69) is 50.4 Å². The lowest BCUT2D eigenvalue weighted by molar-refractivity contribution is -0.124. The summed E-state index contributed by atoms with van der Waals surface area (Å²) in [5.41, 5.74) is -0.704. The van der Waals surface area contributed by atoms with E-state index >= 15 is 0 Å². The normalized spacial score (nSPS) is 15.1. The summed E-state index contributed by atoms with van der Waals surface area (Å²) in [5, 5.41) is 15.7. The maximum absolute atomic E-state index is 12.7. The van der Waals surface area contributed by atoms with Crippen LogP contribution in [0.25, 0.3) is 0 Å². The monoisotopic (exact) mass is 499 g/mol. The molecule has 2 rings (SSSR count). The van der Waals surface area contributed by atoms with Gasteiger partial charge in [0.2, 0.25) is 0 Å². The Morgan fingerprint density at radius 3 is 1.74 bits per heavy atom. The molecule has 0 aliphatic carbocycles. The van der Waals surface area contributed by atoms with E-state index in [1.54, 1.807) is 27.7 Å². The number of benzene rings is 2. The summed E-state index contributed by atoms with van der Waals surface area (Å²) in [6.45, 7) is 14.9. The average Bonchev–Trinajstić information content (AvgIpc) is 2.77. The molecule has 0 radical (unpaired) electrons. The minimum Gasteiger partial charge on any atom is -0.444 e. The molecule has 35 heavy (non-hydrogen) atoms. The van der Waals surface area contributed by atoms with Crippen molar-refractivity contribution in [3.8, 4) is 0 Å². The Kier molecular flexibility index (Phi) is 9.45. The number of amides is 1. The zero-order chi connectivity index (χ0) is 26.4. The number of rotatable bonds is 9. The zero-order valence-corrected chi connectivity index (χ0v) is 23.3. The van der Waals surface area contributed by atoms with Gasteiger partial charge in [-0.05, 0) is 43.1 Å². The summed E-state index contributed by atoms with van der Waals surface area (Å²) < 4.78 is 12.3. The SMILES string of the molecule is CC(=O)[C@@H](C)[C@H](O)[C@@H](CO[Si](c1ccccc1)(c1ccccc1)C(C)(C)C)NC(=O)OC(C)(C)C. The number of hydrogen-bond acceptors (Lipinski definition) is 5. The fourth-order valence-corrected chi connectivity index (χ4v) is 8.83. The van der Waals surface area contributed by atoms with Crippen LogP contribution in [0.15, 0.2) is 60.7 Å². The third-order valence-electron chi connectivity index (χ3n) is 6.16. The van der Waals surface area contributed by atoms with E-state index in [1.165, 1.54) is 6.92 Å². The van der Waals surface area contributed by atoms with Crippen LogP contribution in [0.2, 0.25) is 5.04 Å². The van der Waals surface area contributed by atoms with Crippen molar-refractivity contribution in [1.82, 2.24) is 5.32 Å². The van der Waals surface area contributed by atoms with Crippen molar-refractivity contribution in [3.63, 3.8) is 0 Å². The molecule has 2 aromatic carbocycles. The molecular weight excluding hydrogens is 458 g/mol. The van der Waals surface area contributed by atoms with Gasteiger partial charge < -0.3 is 19.6 Å². The van der Waals surface area contributed by atoms with Crippen LogP contribution in [0.4, 0.5) is 4.79 Å². The summed E-state index contributed by atoms with van der Waals surface area (Å²) in [6, 6.07) is 19.4. The zero-order valence-electron chi connectivity index (χ0n) is 22.3. The number of aliphatic hydroxyl groups is 1. The van der Waals surface area contributed by atoms with E-state index in [1.807, 2.05) is 36.4 Å². The quantitative estimate of drug-likeness (QED) is 0.509. The molecule has 192 valence electrons. The predicted octanol–water partition coefficient (Wildman–Crippen LogP) is 4.04. The van der Waals surface area contributed by atoms with Crippen molar-refractivity contribution in [2.45, 2.75) is 78.2 Å². The molecule has 0 spiro atoms. The Balaban J connectivity index is 2.52. The van der Waals surface area contributed by atoms with Gasteiger partial charge in [-0.2, -0.15) is 0 Å². The lowest BCUT2D eigenvalue weighted by atomic mass is 9.95. The van der Waals surface area contributed by atoms with Crippen molar-refractivity contribution < 1.29 is 23.9 Å². The Hall–Kier alpha value is -2.48. The Morgan fingerprint density at radius 1 is 0.914 bits per heavy atom. The van der Waals surface area contributed by atoms with Crippen molar-refractivity contribution >= 4 is 30.6 Å². The van der Waals surface area contributed by atoms with E-state index < -0.39 is 38.1 Å². The molecule has 2 N–H and O–H groups in total. The third kappa shape index (κ3) is 7.26. The van der Waals surface area contributed by atoms with Crippen molar-refractivity contribution in [2.24, 2.45) is 5.92 Å². The van der Waals surface area contributed by atoms with E-state index in [4.69, 9.17) is 9.16 Å². The first-order valence-electron chi connectivity index (χ1n) is 12.1. The molecule has 7 heteroatoms. The van der Waals surface area contributed by atoms with Gasteiger partial charge in [-0.25, -0.2) is 4.79 Å². The minimum atomic E-state index is -2.91. The third-order valence-corrected chi connectivity index (χ3v) is 11.2. The lowest BCUT2D eigenvalue weighted by Crippen LogP contribution is -2.68. The highest BCUT2D eigenvalue weighted by atomic mass is 28.4. The highest BCUT2D eigenvalue weighted by Gasteiger charge is 2.50. The van der Waals surface area contributed by atoms with E-state index in [-0.39, 0.29) is 17.4 Å². The Labute approximate surface area is 211 Å². The van der Waals surface area contributed by atoms with Crippen LogP contribution in [0.5, 0.6) is 0 Å². The van der Waals surface area contributed by atoms with Gasteiger partial charge in [-0.15, -0.1) is 0 Å². The maximum atomic E-state index is 12.7. The van der Waals surface area contributed by atoms with Gasteiger partial charge in [0.05, 0.1) is 18.8 Å². The molecule has 3 atom stereocenters. The fourth-order valence-electron chi connectivity index (χ4n) is 4.25. The Morgan fingerprint density at radius 2 is 1.37 bits per heavy atom. The van der Waals surface area contributed by atoms with Gasteiger partial charge in [0.1, 0.15) is 11.4 Å². The molecule has 0 bridgehead atoms. The maximum Gasteiger partial charge on any atom is 0.408 e. The average molecular weight is 500 g/mol. The molecule has 0 heterocycles. The first-order valence-corrected chi connectivity index (χ1v) is 14.0. The number of ketones is 1. The molecule has 6 nitrogen and oxygen atoms in total. The number of alkyl carbamates (subject to hydrolysis) is 1. The number of nitrogens with one attached hydrogen (secondary N) is 1. The summed E-state index contributed by atoms with van der Waals surface area (Å²) in [6.07, 6.45) is -1.80. The molecule has 1 amide bonds. The number of carbonyl (C=O) groups is 2. The van der Waals surface area contributed by atoms with Gasteiger partial charge >= 0.3 is 6.09 Å². The Bertz CT molecular complexity index is 927. The summed E-state index contributed by atoms with van der Waals surface area (Å²) >= 11 is 0. The second-order valence-corrected chi connectivity index (χ2v) is 15.4. The van der Waals surface area contributed by atoms with Crippen molar-refractivity contribution in [1.29, 1.82) is 0 Å². The van der Waals surface area contributed by atoms with Crippen LogP contribution in [-0.2, 0) is 14.0 Å². The number of Topliss-reactive ketones (excluding diaryl/α,β-unsaturated/α-hetero) is 1. The standard InChI is InChI=1S/C28H41NO5Si/c1-20(21(2)30)25(31)24(29-26(32)34-27(3,4)5)19-33-35(28(6,7)8,22-15-11-9-12-16-22)23-17-13-10-14-18-23/h9-18,20,24-25,31H,19H2,1-8H3,(H,29,32)/t20-,24-,25+/m1/s1. The largest absolute Gasteiger partial charge is 0.444 e. The highest BCUT2D eigenvalue weighted by Crippen LogP contribution is 2.37. The molecule has 0 unspecified atom stereocenters. The van der Waals surface area contributed by atoms with Crippen molar-refractivity contribution in [2.75, 3.05) is 6.61 Å². The van der Waals surface area contributed by atoms with Gasteiger partial charge in [0, 0.05) is 5.92 Å². The molecule has 0 aliphatic heterocycles. The van der Waals surface area contributed by atoms with Crippen LogP contribution in [0.3, 0.4) is 0 Å². The second-order valence-electron chi connectivity index (χ2n) is 11.1. The van der Waals surface area contributed by atoms with Crippen LogP contribution in [0, 0.1) is 5.92 Å². The molecule has 0 saturated heterocycles. The summed E-state index contributed by atoms with van der Waals surface area (Å²) in [5.74, 6) is -0.850. The number of hydrogen-bond donors (Lipinski definition) is 2. The van der Waals surface area contributed by atoms with Gasteiger partial charge in [0.15, 0.2) is 0 Å². The van der Waals surface area contributed by atoms with Gasteiger partial charge in [0.25, 0.3) is 8.32 Å². The van der Waals surface area contributed by atoms with Gasteiger partial charge in [-0.3, -0.25) is 4.79 Å². The number of carbonyl (C=O) groups excluding carboxylic acids is 2. The smallest absolute Gasteiger partial charge is 0.408 e. The molecule has 0 fully saturated rings. The molecule has 0 aromatic heterocycles. The van der Waals surface area contributed by atoms with E-state index in [0.717, 1.165) is 10.4 Å². The lowest BCUT2D eigenvalue weighted by Gasteiger charge is -2.44. The number of aliphatic hydroxyl groups excluding tert-OH is 1. The van der Waals surface area contributed by atoms with Crippen LogP contribution < -0.4 is 15.7 Å². The number of ether oxygens (including phenoxy) is 1. The predicted molar refractivity (Wildman–Crippen MR) is 143 cm³/mol. The highest BCUT2D eigenvalue weighted by molar-refractivity contribution is 6.99. The molecule has 0 aliphatic rings.